The highest BCUT2D eigenvalue weighted by molar-refractivity contribution is 5.43. The van der Waals surface area contributed by atoms with E-state index >= 15 is 0 Å². The summed E-state index contributed by atoms with van der Waals surface area (Å²) in [6.07, 6.45) is -1.77. The summed E-state index contributed by atoms with van der Waals surface area (Å²) in [5.74, 6) is 0.582. The van der Waals surface area contributed by atoms with E-state index in [-0.39, 0.29) is 13.2 Å². The average molecular weight is 338 g/mol. The van der Waals surface area contributed by atoms with Gasteiger partial charge in [-0.2, -0.15) is 0 Å². The zero-order chi connectivity index (χ0) is 17.9. The summed E-state index contributed by atoms with van der Waals surface area (Å²) in [4.78, 5) is 10.9. The van der Waals surface area contributed by atoms with Gasteiger partial charge in [0.15, 0.2) is 0 Å². The molecule has 1 aromatic carbocycles. The van der Waals surface area contributed by atoms with Crippen LogP contribution in [0.2, 0.25) is 0 Å². The monoisotopic (exact) mass is 338 g/mol. The summed E-state index contributed by atoms with van der Waals surface area (Å²) < 4.78 is 5.69. The van der Waals surface area contributed by atoms with Crippen molar-refractivity contribution in [2.45, 2.75) is 57.5 Å². The van der Waals surface area contributed by atoms with E-state index in [9.17, 15) is 20.2 Å². The van der Waals surface area contributed by atoms with Gasteiger partial charge in [-0.05, 0) is 32.4 Å². The highest BCUT2D eigenvalue weighted by Gasteiger charge is 2.28. The fourth-order valence-electron chi connectivity index (χ4n) is 2.74. The van der Waals surface area contributed by atoms with Crippen LogP contribution in [0.1, 0.15) is 31.9 Å². The van der Waals surface area contributed by atoms with E-state index in [1.807, 2.05) is 32.9 Å². The molecule has 0 aromatic heterocycles. The largest absolute Gasteiger partial charge is 0.491 e. The van der Waals surface area contributed by atoms with E-state index in [4.69, 9.17) is 4.74 Å². The van der Waals surface area contributed by atoms with E-state index in [0.717, 1.165) is 11.1 Å². The van der Waals surface area contributed by atoms with Crippen LogP contribution in [0.25, 0.3) is 0 Å². The molecule has 1 aliphatic rings. The standard InChI is InChI=1S/C17H26N2O5/c1-17(2,3)19(18-23)9-12(20)10-24-16-6-4-5-11-7-14(21)15(22)8-13(11)16/h4-6,12,14-15,20-22H,7-10H2,1-3H3/t12?,14-,15+/m1/s1. The topological polar surface area (TPSA) is 103 Å². The lowest BCUT2D eigenvalue weighted by Crippen LogP contribution is -2.43. The molecule has 0 saturated heterocycles. The second-order valence-electron chi connectivity index (χ2n) is 7.24. The molecule has 0 bridgehead atoms. The Morgan fingerprint density at radius 2 is 1.96 bits per heavy atom. The molecule has 0 heterocycles. The number of nitroso groups, excluding NO2 is 1. The first-order valence-corrected chi connectivity index (χ1v) is 8.11. The Morgan fingerprint density at radius 1 is 1.29 bits per heavy atom. The number of benzene rings is 1. The molecule has 3 N–H and O–H groups in total. The maximum Gasteiger partial charge on any atom is 0.123 e. The van der Waals surface area contributed by atoms with Crippen molar-refractivity contribution in [3.8, 4) is 5.75 Å². The van der Waals surface area contributed by atoms with E-state index in [0.29, 0.717) is 18.6 Å². The normalized spacial score (nSPS) is 21.8. The molecule has 7 nitrogen and oxygen atoms in total. The van der Waals surface area contributed by atoms with Crippen LogP contribution in [0, 0.1) is 4.91 Å². The van der Waals surface area contributed by atoms with Gasteiger partial charge in [0.25, 0.3) is 0 Å². The van der Waals surface area contributed by atoms with Gasteiger partial charge in [0.2, 0.25) is 0 Å². The molecule has 0 radical (unpaired) electrons. The lowest BCUT2D eigenvalue weighted by Gasteiger charge is -2.31. The summed E-state index contributed by atoms with van der Waals surface area (Å²) >= 11 is 0. The van der Waals surface area contributed by atoms with Crippen LogP contribution in [0.5, 0.6) is 5.75 Å². The van der Waals surface area contributed by atoms with Crippen LogP contribution < -0.4 is 4.74 Å². The van der Waals surface area contributed by atoms with Crippen molar-refractivity contribution >= 4 is 0 Å². The quantitative estimate of drug-likeness (QED) is 0.529. The number of aliphatic hydroxyl groups is 3. The predicted octanol–water partition coefficient (Wildman–Crippen LogP) is 1.03. The summed E-state index contributed by atoms with van der Waals surface area (Å²) in [5.41, 5.74) is 1.31. The van der Waals surface area contributed by atoms with E-state index < -0.39 is 23.9 Å². The maximum absolute atomic E-state index is 10.9. The second-order valence-corrected chi connectivity index (χ2v) is 7.24. The van der Waals surface area contributed by atoms with Crippen molar-refractivity contribution in [3.05, 3.63) is 34.2 Å². The Hall–Kier alpha value is -1.70. The van der Waals surface area contributed by atoms with Gasteiger partial charge in [-0.3, -0.25) is 5.01 Å². The molecular weight excluding hydrogens is 312 g/mol. The van der Waals surface area contributed by atoms with Crippen LogP contribution in [0.3, 0.4) is 0 Å². The number of hydrogen-bond acceptors (Lipinski definition) is 6. The van der Waals surface area contributed by atoms with Crippen molar-refractivity contribution in [2.24, 2.45) is 5.29 Å². The van der Waals surface area contributed by atoms with Crippen molar-refractivity contribution in [1.82, 2.24) is 5.01 Å². The summed E-state index contributed by atoms with van der Waals surface area (Å²) in [7, 11) is 0. The molecule has 0 amide bonds. The number of fused-ring (bicyclic) bond motifs is 1. The molecule has 1 aliphatic carbocycles. The Labute approximate surface area is 141 Å². The molecule has 0 spiro atoms. The zero-order valence-corrected chi connectivity index (χ0v) is 14.3. The molecule has 134 valence electrons. The van der Waals surface area contributed by atoms with Gasteiger partial charge in [0, 0.05) is 18.4 Å². The van der Waals surface area contributed by atoms with Gasteiger partial charge < -0.3 is 20.1 Å². The van der Waals surface area contributed by atoms with Crippen LogP contribution in [0.4, 0.5) is 0 Å². The Morgan fingerprint density at radius 3 is 2.58 bits per heavy atom. The van der Waals surface area contributed by atoms with Crippen LogP contribution in [-0.2, 0) is 12.8 Å². The van der Waals surface area contributed by atoms with E-state index in [1.54, 1.807) is 6.07 Å². The minimum Gasteiger partial charge on any atom is -0.491 e. The lowest BCUT2D eigenvalue weighted by atomic mass is 9.87. The molecule has 0 aliphatic heterocycles. The molecule has 2 rings (SSSR count). The number of rotatable bonds is 6. The summed E-state index contributed by atoms with van der Waals surface area (Å²) in [6.45, 7) is 5.59. The van der Waals surface area contributed by atoms with E-state index in [2.05, 4.69) is 5.29 Å². The van der Waals surface area contributed by atoms with Crippen LogP contribution >= 0.6 is 0 Å². The number of hydrogen-bond donors (Lipinski definition) is 3. The van der Waals surface area contributed by atoms with E-state index in [1.165, 1.54) is 5.01 Å². The molecular formula is C17H26N2O5. The van der Waals surface area contributed by atoms with Gasteiger partial charge >= 0.3 is 0 Å². The number of β-amino-alcohol motifs (C(OH)–C–C–N with tert-alkyl or cyclic N) is 1. The minimum atomic E-state index is -0.878. The van der Waals surface area contributed by atoms with Gasteiger partial charge in [0.05, 0.1) is 29.6 Å². The molecule has 7 heteroatoms. The van der Waals surface area contributed by atoms with Crippen LogP contribution in [0.15, 0.2) is 23.5 Å². The highest BCUT2D eigenvalue weighted by atomic mass is 16.5. The molecule has 0 fully saturated rings. The fraction of sp³-hybridized carbons (Fsp3) is 0.647. The maximum atomic E-state index is 10.9. The van der Waals surface area contributed by atoms with Crippen molar-refractivity contribution in [2.75, 3.05) is 13.2 Å². The van der Waals surface area contributed by atoms with Crippen LogP contribution in [-0.4, -0.2) is 57.3 Å². The van der Waals surface area contributed by atoms with Crippen molar-refractivity contribution in [1.29, 1.82) is 0 Å². The van der Waals surface area contributed by atoms with Gasteiger partial charge in [-0.25, -0.2) is 0 Å². The molecule has 1 unspecified atom stereocenters. The average Bonchev–Trinajstić information content (AvgIpc) is 2.50. The molecule has 3 atom stereocenters. The number of nitrogens with zero attached hydrogens (tertiary/aromatic N) is 2. The lowest BCUT2D eigenvalue weighted by molar-refractivity contribution is 0.0123. The SMILES string of the molecule is CC(C)(C)N(CC(O)COc1cccc2c1C[C@H](O)[C@H](O)C2)N=O. The third-order valence-electron chi connectivity index (χ3n) is 4.20. The predicted molar refractivity (Wildman–Crippen MR) is 89.6 cm³/mol. The first-order valence-electron chi connectivity index (χ1n) is 8.11. The third kappa shape index (κ3) is 4.43. The second kappa shape index (κ2) is 7.46. The van der Waals surface area contributed by atoms with Gasteiger partial charge in [-0.15, -0.1) is 4.91 Å². The Balaban J connectivity index is 2.00. The first kappa shape index (κ1) is 18.6. The fourth-order valence-corrected chi connectivity index (χ4v) is 2.74. The molecule has 1 aromatic rings. The Bertz CT molecular complexity index is 573. The van der Waals surface area contributed by atoms with Gasteiger partial charge in [-0.1, -0.05) is 12.1 Å². The molecule has 24 heavy (non-hydrogen) atoms. The third-order valence-corrected chi connectivity index (χ3v) is 4.20. The number of aliphatic hydroxyl groups excluding tert-OH is 3. The zero-order valence-electron chi connectivity index (χ0n) is 14.3. The smallest absolute Gasteiger partial charge is 0.123 e. The molecule has 0 saturated carbocycles. The Kier molecular flexibility index (Phi) is 5.79. The summed E-state index contributed by atoms with van der Waals surface area (Å²) in [5, 5.41) is 34.0. The minimum absolute atomic E-state index is 0.0111. The highest BCUT2D eigenvalue weighted by Crippen LogP contribution is 2.30. The first-order chi connectivity index (χ1) is 11.2. The van der Waals surface area contributed by atoms with Gasteiger partial charge in [0.1, 0.15) is 18.5 Å². The van der Waals surface area contributed by atoms with Crippen molar-refractivity contribution < 1.29 is 20.1 Å². The number of ether oxygens (including phenoxy) is 1. The van der Waals surface area contributed by atoms with Crippen molar-refractivity contribution in [3.63, 3.8) is 0 Å². The summed E-state index contributed by atoms with van der Waals surface area (Å²) in [6, 6.07) is 5.49.